The Morgan fingerprint density at radius 2 is 1.71 bits per heavy atom. The van der Waals surface area contributed by atoms with Crippen LogP contribution >= 0.6 is 0 Å². The molecule has 1 aromatic heterocycles. The first-order valence-electron chi connectivity index (χ1n) is 12.0. The summed E-state index contributed by atoms with van der Waals surface area (Å²) in [5, 5.41) is 5.93. The van der Waals surface area contributed by atoms with Gasteiger partial charge >= 0.3 is 6.18 Å². The van der Waals surface area contributed by atoms with Gasteiger partial charge < -0.3 is 10.6 Å². The van der Waals surface area contributed by atoms with Crippen molar-refractivity contribution >= 4 is 23.1 Å². The zero-order valence-electron chi connectivity index (χ0n) is 19.6. The standard InChI is InChI=1S/C27H31F3N4/c1-3-18(2)19-12-14-22(15-13-19)33-26-31-17-24(27(28,29)30)25(34-26)32-23-11-7-10-21(16-23)20-8-5-4-6-9-20/h7,10-18,20H,3-6,8-9H2,1-2H3,(H2,31,32,33,34). The number of anilines is 4. The van der Waals surface area contributed by atoms with Crippen molar-refractivity contribution in [2.75, 3.05) is 10.6 Å². The number of hydrogen-bond acceptors (Lipinski definition) is 4. The molecule has 2 N–H and O–H groups in total. The molecule has 0 aliphatic heterocycles. The molecule has 34 heavy (non-hydrogen) atoms. The van der Waals surface area contributed by atoms with E-state index in [1.807, 2.05) is 36.4 Å². The van der Waals surface area contributed by atoms with Gasteiger partial charge in [-0.05, 0) is 66.5 Å². The Morgan fingerprint density at radius 3 is 2.38 bits per heavy atom. The number of rotatable bonds is 7. The van der Waals surface area contributed by atoms with Gasteiger partial charge in [0.15, 0.2) is 0 Å². The van der Waals surface area contributed by atoms with E-state index in [0.717, 1.165) is 36.7 Å². The molecular formula is C27H31F3N4. The van der Waals surface area contributed by atoms with Crippen LogP contribution in [-0.2, 0) is 6.18 Å². The number of nitrogens with zero attached hydrogens (tertiary/aromatic N) is 2. The summed E-state index contributed by atoms with van der Waals surface area (Å²) in [7, 11) is 0. The maximum atomic E-state index is 13.7. The molecule has 0 amide bonds. The molecule has 4 rings (SSSR count). The lowest BCUT2D eigenvalue weighted by Gasteiger charge is -2.22. The Bertz CT molecular complexity index is 1090. The monoisotopic (exact) mass is 468 g/mol. The predicted octanol–water partition coefficient (Wildman–Crippen LogP) is 8.54. The molecule has 1 aliphatic carbocycles. The molecule has 1 atom stereocenters. The molecule has 0 radical (unpaired) electrons. The maximum absolute atomic E-state index is 13.7. The van der Waals surface area contributed by atoms with Crippen LogP contribution in [0.4, 0.5) is 36.3 Å². The molecule has 1 heterocycles. The molecular weight excluding hydrogens is 437 g/mol. The van der Waals surface area contributed by atoms with Gasteiger partial charge in [-0.2, -0.15) is 18.2 Å². The van der Waals surface area contributed by atoms with Crippen molar-refractivity contribution in [1.29, 1.82) is 0 Å². The van der Waals surface area contributed by atoms with Crippen molar-refractivity contribution in [3.63, 3.8) is 0 Å². The average Bonchev–Trinajstić information content (AvgIpc) is 2.84. The van der Waals surface area contributed by atoms with Crippen molar-refractivity contribution in [3.05, 3.63) is 71.4 Å². The second-order valence-corrected chi connectivity index (χ2v) is 9.10. The van der Waals surface area contributed by atoms with E-state index in [1.54, 1.807) is 6.07 Å². The van der Waals surface area contributed by atoms with Gasteiger partial charge in [-0.1, -0.05) is 57.4 Å². The molecule has 1 unspecified atom stereocenters. The Balaban J connectivity index is 1.58. The van der Waals surface area contributed by atoms with Crippen LogP contribution < -0.4 is 10.6 Å². The first kappa shape index (κ1) is 24.0. The fraction of sp³-hybridized carbons (Fsp3) is 0.407. The van der Waals surface area contributed by atoms with Gasteiger partial charge in [-0.3, -0.25) is 0 Å². The Hall–Kier alpha value is -3.09. The number of aromatic nitrogens is 2. The minimum atomic E-state index is -4.57. The van der Waals surface area contributed by atoms with Crippen LogP contribution in [0.2, 0.25) is 0 Å². The molecule has 7 heteroatoms. The van der Waals surface area contributed by atoms with E-state index in [0.29, 0.717) is 17.5 Å². The van der Waals surface area contributed by atoms with Gasteiger partial charge in [0.25, 0.3) is 0 Å². The highest BCUT2D eigenvalue weighted by atomic mass is 19.4. The lowest BCUT2D eigenvalue weighted by Crippen LogP contribution is -2.13. The molecule has 1 saturated carbocycles. The largest absolute Gasteiger partial charge is 0.421 e. The van der Waals surface area contributed by atoms with E-state index in [-0.39, 0.29) is 11.8 Å². The second kappa shape index (κ2) is 10.5. The van der Waals surface area contributed by atoms with E-state index in [4.69, 9.17) is 0 Å². The zero-order valence-corrected chi connectivity index (χ0v) is 19.6. The molecule has 1 fully saturated rings. The van der Waals surface area contributed by atoms with Crippen LogP contribution in [0.15, 0.2) is 54.7 Å². The summed E-state index contributed by atoms with van der Waals surface area (Å²) in [6, 6.07) is 15.5. The van der Waals surface area contributed by atoms with Crippen LogP contribution in [0.3, 0.4) is 0 Å². The van der Waals surface area contributed by atoms with Gasteiger partial charge in [-0.25, -0.2) is 4.98 Å². The maximum Gasteiger partial charge on any atom is 0.421 e. The van der Waals surface area contributed by atoms with Gasteiger partial charge in [0.1, 0.15) is 11.4 Å². The van der Waals surface area contributed by atoms with Crippen molar-refractivity contribution in [1.82, 2.24) is 9.97 Å². The Morgan fingerprint density at radius 1 is 0.971 bits per heavy atom. The number of nitrogens with one attached hydrogen (secondary N) is 2. The Labute approximate surface area is 199 Å². The van der Waals surface area contributed by atoms with Crippen molar-refractivity contribution in [2.45, 2.75) is 70.4 Å². The third-order valence-electron chi connectivity index (χ3n) is 6.67. The molecule has 0 spiro atoms. The topological polar surface area (TPSA) is 49.8 Å². The SMILES string of the molecule is CCC(C)c1ccc(Nc2ncc(C(F)(F)F)c(Nc3cccc(C4CCCCC4)c3)n2)cc1. The predicted molar refractivity (Wildman–Crippen MR) is 131 cm³/mol. The van der Waals surface area contributed by atoms with Gasteiger partial charge in [0.2, 0.25) is 5.95 Å². The summed E-state index contributed by atoms with van der Waals surface area (Å²) in [6.45, 7) is 4.29. The highest BCUT2D eigenvalue weighted by Crippen LogP contribution is 2.37. The second-order valence-electron chi connectivity index (χ2n) is 9.10. The van der Waals surface area contributed by atoms with E-state index in [2.05, 4.69) is 40.5 Å². The quantitative estimate of drug-likeness (QED) is 0.365. The Kier molecular flexibility index (Phi) is 7.39. The highest BCUT2D eigenvalue weighted by Gasteiger charge is 2.35. The fourth-order valence-corrected chi connectivity index (χ4v) is 4.45. The summed E-state index contributed by atoms with van der Waals surface area (Å²) >= 11 is 0. The first-order valence-corrected chi connectivity index (χ1v) is 12.0. The van der Waals surface area contributed by atoms with Gasteiger partial charge in [-0.15, -0.1) is 0 Å². The van der Waals surface area contributed by atoms with Crippen molar-refractivity contribution in [2.24, 2.45) is 0 Å². The lowest BCUT2D eigenvalue weighted by atomic mass is 9.84. The highest BCUT2D eigenvalue weighted by molar-refractivity contribution is 5.63. The summed E-state index contributed by atoms with van der Waals surface area (Å²) < 4.78 is 41.1. The van der Waals surface area contributed by atoms with E-state index >= 15 is 0 Å². The number of halogens is 3. The number of benzene rings is 2. The molecule has 4 nitrogen and oxygen atoms in total. The van der Waals surface area contributed by atoms with Gasteiger partial charge in [0.05, 0.1) is 0 Å². The van der Waals surface area contributed by atoms with Crippen molar-refractivity contribution in [3.8, 4) is 0 Å². The first-order chi connectivity index (χ1) is 16.3. The lowest BCUT2D eigenvalue weighted by molar-refractivity contribution is -0.137. The van der Waals surface area contributed by atoms with Crippen LogP contribution in [0.1, 0.15) is 80.9 Å². The van der Waals surface area contributed by atoms with Crippen molar-refractivity contribution < 1.29 is 13.2 Å². The summed E-state index contributed by atoms with van der Waals surface area (Å²) in [4.78, 5) is 8.12. The minimum Gasteiger partial charge on any atom is -0.340 e. The molecule has 2 aromatic carbocycles. The molecule has 180 valence electrons. The zero-order chi connectivity index (χ0) is 24.1. The van der Waals surface area contributed by atoms with E-state index in [9.17, 15) is 13.2 Å². The normalized spacial score (nSPS) is 15.7. The number of hydrogen-bond donors (Lipinski definition) is 2. The summed E-state index contributed by atoms with van der Waals surface area (Å²) in [6.07, 6.45) is 3.17. The van der Waals surface area contributed by atoms with Crippen LogP contribution in [0, 0.1) is 0 Å². The summed E-state index contributed by atoms with van der Waals surface area (Å²) in [5.74, 6) is 0.743. The van der Waals surface area contributed by atoms with Gasteiger partial charge in [0, 0.05) is 17.6 Å². The summed E-state index contributed by atoms with van der Waals surface area (Å²) in [5.41, 5.74) is 2.79. The minimum absolute atomic E-state index is 0.107. The average molecular weight is 469 g/mol. The third-order valence-corrected chi connectivity index (χ3v) is 6.67. The molecule has 3 aromatic rings. The van der Waals surface area contributed by atoms with Crippen LogP contribution in [0.25, 0.3) is 0 Å². The molecule has 0 bridgehead atoms. The smallest absolute Gasteiger partial charge is 0.340 e. The molecule has 0 saturated heterocycles. The fourth-order valence-electron chi connectivity index (χ4n) is 4.45. The van der Waals surface area contributed by atoms with Crippen LogP contribution in [-0.4, -0.2) is 9.97 Å². The van der Waals surface area contributed by atoms with E-state index < -0.39 is 11.7 Å². The van der Waals surface area contributed by atoms with Crippen LogP contribution in [0.5, 0.6) is 0 Å². The third kappa shape index (κ3) is 5.88. The molecule has 1 aliphatic rings. The number of alkyl halides is 3. The van der Waals surface area contributed by atoms with E-state index in [1.165, 1.54) is 24.8 Å².